The Labute approximate surface area is 140 Å². The number of halogens is 2. The molecule has 0 bridgehead atoms. The van der Waals surface area contributed by atoms with Gasteiger partial charge in [-0.2, -0.15) is 4.98 Å². The molecule has 1 aromatic heterocycles. The van der Waals surface area contributed by atoms with Crippen LogP contribution in [0.1, 0.15) is 24.7 Å². The van der Waals surface area contributed by atoms with Crippen molar-refractivity contribution in [2.24, 2.45) is 0 Å². The molecule has 0 spiro atoms. The predicted molar refractivity (Wildman–Crippen MR) is 87.7 cm³/mol. The highest BCUT2D eigenvalue weighted by molar-refractivity contribution is 5.61. The lowest BCUT2D eigenvalue weighted by atomic mass is 10.2. The van der Waals surface area contributed by atoms with Crippen LogP contribution in [0.4, 0.5) is 20.3 Å². The molecule has 7 heteroatoms. The van der Waals surface area contributed by atoms with E-state index in [1.165, 1.54) is 12.1 Å². The lowest BCUT2D eigenvalue weighted by Crippen LogP contribution is -2.22. The third kappa shape index (κ3) is 4.38. The molecule has 0 saturated carbocycles. The Bertz CT molecular complexity index is 710. The highest BCUT2D eigenvalue weighted by Crippen LogP contribution is 2.27. The first-order valence-electron chi connectivity index (χ1n) is 7.67. The molecule has 2 aromatic rings. The first kappa shape index (κ1) is 18.1. The summed E-state index contributed by atoms with van der Waals surface area (Å²) in [5.41, 5.74) is 0.770. The van der Waals surface area contributed by atoms with Crippen molar-refractivity contribution in [2.45, 2.75) is 33.3 Å². The maximum atomic E-state index is 13.8. The van der Waals surface area contributed by atoms with Crippen LogP contribution < -0.4 is 10.1 Å². The Morgan fingerprint density at radius 2 is 1.96 bits per heavy atom. The van der Waals surface area contributed by atoms with Gasteiger partial charge in [-0.1, -0.05) is 6.92 Å². The number of nitrogens with one attached hydrogen (secondary N) is 1. The minimum absolute atomic E-state index is 0.132. The van der Waals surface area contributed by atoms with Crippen molar-refractivity contribution in [2.75, 3.05) is 19.0 Å². The number of hydrogen-bond acceptors (Lipinski definition) is 5. The lowest BCUT2D eigenvalue weighted by Gasteiger charge is -2.19. The standard InChI is InChI=1S/C17H21F2N3O2/c1-5-13(9-23-4)24-17-10(2)16(20-11(3)21-17)22-15-7-6-12(18)8-14(15)19/h6-8,13H,5,9H2,1-4H3,(H,20,21,22). The number of methoxy groups -OCH3 is 1. The maximum absolute atomic E-state index is 13.8. The highest BCUT2D eigenvalue weighted by Gasteiger charge is 2.16. The van der Waals surface area contributed by atoms with Crippen LogP contribution in [0.5, 0.6) is 5.88 Å². The molecule has 0 amide bonds. The minimum atomic E-state index is -0.695. The zero-order chi connectivity index (χ0) is 17.7. The largest absolute Gasteiger partial charge is 0.472 e. The minimum Gasteiger partial charge on any atom is -0.472 e. The summed E-state index contributed by atoms with van der Waals surface area (Å²) in [4.78, 5) is 8.58. The molecule has 0 aliphatic rings. The van der Waals surface area contributed by atoms with Gasteiger partial charge in [0, 0.05) is 13.2 Å². The SMILES string of the molecule is CCC(COC)Oc1nc(C)nc(Nc2ccc(F)cc2F)c1C. The van der Waals surface area contributed by atoms with E-state index in [1.54, 1.807) is 21.0 Å². The molecule has 1 atom stereocenters. The van der Waals surface area contributed by atoms with Crippen LogP contribution in [0, 0.1) is 25.5 Å². The Hall–Kier alpha value is -2.28. The van der Waals surface area contributed by atoms with E-state index in [-0.39, 0.29) is 11.8 Å². The van der Waals surface area contributed by atoms with Crippen molar-refractivity contribution in [3.05, 3.63) is 41.2 Å². The van der Waals surface area contributed by atoms with E-state index in [1.807, 2.05) is 6.92 Å². The van der Waals surface area contributed by atoms with Crippen molar-refractivity contribution < 1.29 is 18.3 Å². The van der Waals surface area contributed by atoms with Gasteiger partial charge >= 0.3 is 0 Å². The van der Waals surface area contributed by atoms with Crippen molar-refractivity contribution in [1.82, 2.24) is 9.97 Å². The Balaban J connectivity index is 2.30. The fourth-order valence-corrected chi connectivity index (χ4v) is 2.14. The summed E-state index contributed by atoms with van der Waals surface area (Å²) in [6, 6.07) is 3.31. The van der Waals surface area contributed by atoms with Crippen LogP contribution >= 0.6 is 0 Å². The fraction of sp³-hybridized carbons (Fsp3) is 0.412. The zero-order valence-electron chi connectivity index (χ0n) is 14.2. The molecular formula is C17H21F2N3O2. The van der Waals surface area contributed by atoms with Gasteiger partial charge in [0.1, 0.15) is 29.4 Å². The quantitative estimate of drug-likeness (QED) is 0.830. The normalized spacial score (nSPS) is 12.1. The molecule has 5 nitrogen and oxygen atoms in total. The third-order valence-electron chi connectivity index (χ3n) is 3.48. The number of rotatable bonds is 7. The summed E-state index contributed by atoms with van der Waals surface area (Å²) >= 11 is 0. The number of aryl methyl sites for hydroxylation is 1. The number of anilines is 2. The molecule has 2 rings (SSSR count). The van der Waals surface area contributed by atoms with Crippen LogP contribution in [0.15, 0.2) is 18.2 Å². The molecule has 0 aliphatic heterocycles. The second-order valence-electron chi connectivity index (χ2n) is 5.40. The van der Waals surface area contributed by atoms with Gasteiger partial charge in [0.05, 0.1) is 17.9 Å². The Kier molecular flexibility index (Phi) is 6.03. The second kappa shape index (κ2) is 8.01. The lowest BCUT2D eigenvalue weighted by molar-refractivity contribution is 0.0750. The van der Waals surface area contributed by atoms with E-state index < -0.39 is 11.6 Å². The summed E-state index contributed by atoms with van der Waals surface area (Å²) in [7, 11) is 1.61. The molecule has 1 heterocycles. The average molecular weight is 337 g/mol. The van der Waals surface area contributed by atoms with Crippen LogP contribution in [-0.4, -0.2) is 29.8 Å². The molecule has 130 valence electrons. The van der Waals surface area contributed by atoms with Crippen LogP contribution in [0.3, 0.4) is 0 Å². The van der Waals surface area contributed by atoms with E-state index >= 15 is 0 Å². The molecule has 0 radical (unpaired) electrons. The van der Waals surface area contributed by atoms with Gasteiger partial charge in [0.15, 0.2) is 0 Å². The molecular weight excluding hydrogens is 316 g/mol. The van der Waals surface area contributed by atoms with Crippen LogP contribution in [0.25, 0.3) is 0 Å². The average Bonchev–Trinajstić information content (AvgIpc) is 2.53. The molecule has 0 saturated heterocycles. The number of benzene rings is 1. The predicted octanol–water partition coefficient (Wildman–Crippen LogP) is 3.92. The van der Waals surface area contributed by atoms with Gasteiger partial charge in [0.2, 0.25) is 5.88 Å². The van der Waals surface area contributed by atoms with Gasteiger partial charge < -0.3 is 14.8 Å². The molecule has 0 fully saturated rings. The molecule has 0 aliphatic carbocycles. The van der Waals surface area contributed by atoms with Crippen molar-refractivity contribution in [3.63, 3.8) is 0 Å². The third-order valence-corrected chi connectivity index (χ3v) is 3.48. The van der Waals surface area contributed by atoms with E-state index in [9.17, 15) is 8.78 Å². The van der Waals surface area contributed by atoms with Crippen LogP contribution in [0.2, 0.25) is 0 Å². The molecule has 1 unspecified atom stereocenters. The highest BCUT2D eigenvalue weighted by atomic mass is 19.1. The molecule has 24 heavy (non-hydrogen) atoms. The molecule has 1 aromatic carbocycles. The number of nitrogens with zero attached hydrogens (tertiary/aromatic N) is 2. The summed E-state index contributed by atoms with van der Waals surface area (Å²) in [5, 5.41) is 2.87. The smallest absolute Gasteiger partial charge is 0.222 e. The van der Waals surface area contributed by atoms with Crippen molar-refractivity contribution in [1.29, 1.82) is 0 Å². The van der Waals surface area contributed by atoms with E-state index in [2.05, 4.69) is 15.3 Å². The summed E-state index contributed by atoms with van der Waals surface area (Å²) in [6.07, 6.45) is 0.615. The Morgan fingerprint density at radius 3 is 2.58 bits per heavy atom. The van der Waals surface area contributed by atoms with E-state index in [0.717, 1.165) is 12.5 Å². The van der Waals surface area contributed by atoms with Gasteiger partial charge in [0.25, 0.3) is 0 Å². The van der Waals surface area contributed by atoms with Gasteiger partial charge in [-0.15, -0.1) is 0 Å². The zero-order valence-corrected chi connectivity index (χ0v) is 14.2. The van der Waals surface area contributed by atoms with Crippen molar-refractivity contribution >= 4 is 11.5 Å². The molecule has 1 N–H and O–H groups in total. The van der Waals surface area contributed by atoms with Gasteiger partial charge in [-0.3, -0.25) is 0 Å². The maximum Gasteiger partial charge on any atom is 0.222 e. The number of hydrogen-bond donors (Lipinski definition) is 1. The van der Waals surface area contributed by atoms with Crippen molar-refractivity contribution in [3.8, 4) is 5.88 Å². The number of ether oxygens (including phenoxy) is 2. The topological polar surface area (TPSA) is 56.3 Å². The first-order valence-corrected chi connectivity index (χ1v) is 7.67. The summed E-state index contributed by atoms with van der Waals surface area (Å²) in [5.74, 6) is -0.0263. The van der Waals surface area contributed by atoms with E-state index in [4.69, 9.17) is 9.47 Å². The Morgan fingerprint density at radius 1 is 1.21 bits per heavy atom. The van der Waals surface area contributed by atoms with Gasteiger partial charge in [-0.25, -0.2) is 13.8 Å². The van der Waals surface area contributed by atoms with Gasteiger partial charge in [-0.05, 0) is 32.4 Å². The summed E-state index contributed by atoms with van der Waals surface area (Å²) in [6.45, 7) is 5.92. The first-order chi connectivity index (χ1) is 11.4. The summed E-state index contributed by atoms with van der Waals surface area (Å²) < 4.78 is 37.9. The van der Waals surface area contributed by atoms with Crippen LogP contribution in [-0.2, 0) is 4.74 Å². The number of aromatic nitrogens is 2. The van der Waals surface area contributed by atoms with E-state index in [0.29, 0.717) is 29.7 Å². The monoisotopic (exact) mass is 337 g/mol. The second-order valence-corrected chi connectivity index (χ2v) is 5.40. The fourth-order valence-electron chi connectivity index (χ4n) is 2.14.